The molecule has 2 nitrogen and oxygen atoms in total. The van der Waals surface area contributed by atoms with Gasteiger partial charge in [0.1, 0.15) is 11.6 Å². The van der Waals surface area contributed by atoms with Gasteiger partial charge in [-0.25, -0.2) is 0 Å². The largest absolute Gasteiger partial charge is 0.300 e. The zero-order chi connectivity index (χ0) is 14.4. The summed E-state index contributed by atoms with van der Waals surface area (Å²) in [7, 11) is 0. The van der Waals surface area contributed by atoms with Gasteiger partial charge >= 0.3 is 0 Å². The van der Waals surface area contributed by atoms with Crippen molar-refractivity contribution in [2.75, 3.05) is 0 Å². The minimum absolute atomic E-state index is 0.255. The van der Waals surface area contributed by atoms with Crippen molar-refractivity contribution >= 4 is 11.6 Å². The number of ketones is 2. The van der Waals surface area contributed by atoms with Gasteiger partial charge in [0.05, 0.1) is 0 Å². The number of Topliss-reactive ketones (excluding diaryl/α,β-unsaturated/α-hetero) is 2. The monoisotopic (exact) mass is 250 g/mol. The second-order valence-electron chi connectivity index (χ2n) is 3.74. The molecule has 0 fully saturated rings. The van der Waals surface area contributed by atoms with Gasteiger partial charge in [-0.1, -0.05) is 51.1 Å². The molecule has 0 aliphatic heterocycles. The first kappa shape index (κ1) is 18.9. The van der Waals surface area contributed by atoms with E-state index < -0.39 is 0 Å². The molecular formula is C16H26O2. The summed E-state index contributed by atoms with van der Waals surface area (Å²) in [5.41, 5.74) is 1.24. The van der Waals surface area contributed by atoms with Crippen molar-refractivity contribution < 1.29 is 9.59 Å². The first-order valence-electron chi connectivity index (χ1n) is 6.59. The van der Waals surface area contributed by atoms with E-state index in [2.05, 4.69) is 0 Å². The van der Waals surface area contributed by atoms with Gasteiger partial charge in [-0.2, -0.15) is 0 Å². The van der Waals surface area contributed by atoms with E-state index in [-0.39, 0.29) is 11.6 Å². The summed E-state index contributed by atoms with van der Waals surface area (Å²) in [6, 6.07) is 10.1. The quantitative estimate of drug-likeness (QED) is 0.801. The molecule has 1 aromatic rings. The van der Waals surface area contributed by atoms with Crippen LogP contribution in [0.15, 0.2) is 30.3 Å². The molecule has 0 spiro atoms. The van der Waals surface area contributed by atoms with Crippen molar-refractivity contribution in [3.63, 3.8) is 0 Å². The second-order valence-corrected chi connectivity index (χ2v) is 3.74. The standard InChI is InChI=1S/C10H12O.C4H8O.C2H6/c1-9(11)7-8-10-5-3-2-4-6-10;1-3-4(2)5;1-2/h2-6H,7-8H2,1H3;3H2,1-2H3;1-2H3. The second kappa shape index (κ2) is 13.6. The van der Waals surface area contributed by atoms with E-state index in [9.17, 15) is 9.59 Å². The number of hydrogen-bond donors (Lipinski definition) is 0. The van der Waals surface area contributed by atoms with E-state index in [0.29, 0.717) is 12.8 Å². The topological polar surface area (TPSA) is 34.1 Å². The van der Waals surface area contributed by atoms with Gasteiger partial charge in [0.25, 0.3) is 0 Å². The van der Waals surface area contributed by atoms with Gasteiger partial charge in [0.15, 0.2) is 0 Å². The zero-order valence-electron chi connectivity index (χ0n) is 12.3. The number of carbonyl (C=O) groups is 2. The zero-order valence-corrected chi connectivity index (χ0v) is 12.3. The third-order valence-corrected chi connectivity index (χ3v) is 2.11. The highest BCUT2D eigenvalue weighted by atomic mass is 16.1. The molecule has 0 radical (unpaired) electrons. The van der Waals surface area contributed by atoms with Crippen LogP contribution in [0, 0.1) is 0 Å². The summed E-state index contributed by atoms with van der Waals surface area (Å²) in [5.74, 6) is 0.513. The molecule has 0 amide bonds. The fraction of sp³-hybridized carbons (Fsp3) is 0.500. The Morgan fingerprint density at radius 2 is 1.39 bits per heavy atom. The Morgan fingerprint density at radius 3 is 1.72 bits per heavy atom. The molecule has 0 unspecified atom stereocenters. The normalized spacial score (nSPS) is 8.28. The van der Waals surface area contributed by atoms with Crippen LogP contribution in [0.2, 0.25) is 0 Å². The highest BCUT2D eigenvalue weighted by Gasteiger charge is 1.94. The molecule has 0 bridgehead atoms. The Balaban J connectivity index is 0. The average molecular weight is 250 g/mol. The van der Waals surface area contributed by atoms with E-state index >= 15 is 0 Å². The molecule has 0 heterocycles. The van der Waals surface area contributed by atoms with Gasteiger partial charge in [-0.05, 0) is 25.8 Å². The van der Waals surface area contributed by atoms with Gasteiger partial charge in [-0.3, -0.25) is 0 Å². The molecule has 0 aliphatic rings. The number of rotatable bonds is 4. The Bertz CT molecular complexity index is 315. The van der Waals surface area contributed by atoms with Crippen molar-refractivity contribution in [1.29, 1.82) is 0 Å². The molecule has 0 saturated carbocycles. The predicted molar refractivity (Wildman–Crippen MR) is 77.8 cm³/mol. The van der Waals surface area contributed by atoms with Gasteiger partial charge in [-0.15, -0.1) is 0 Å². The molecule has 1 aromatic carbocycles. The first-order chi connectivity index (χ1) is 8.56. The number of carbonyl (C=O) groups excluding carboxylic acids is 2. The van der Waals surface area contributed by atoms with Crippen LogP contribution in [0.5, 0.6) is 0 Å². The Hall–Kier alpha value is -1.44. The van der Waals surface area contributed by atoms with Crippen LogP contribution < -0.4 is 0 Å². The third-order valence-electron chi connectivity index (χ3n) is 2.11. The SMILES string of the molecule is CC.CC(=O)CCc1ccccc1.CCC(C)=O. The summed E-state index contributed by atoms with van der Waals surface area (Å²) in [5, 5.41) is 0. The number of aryl methyl sites for hydroxylation is 1. The lowest BCUT2D eigenvalue weighted by atomic mass is 10.1. The third kappa shape index (κ3) is 14.6. The lowest BCUT2D eigenvalue weighted by Gasteiger charge is -1.96. The van der Waals surface area contributed by atoms with E-state index in [4.69, 9.17) is 0 Å². The molecule has 0 atom stereocenters. The first-order valence-corrected chi connectivity index (χ1v) is 6.59. The molecule has 2 heteroatoms. The van der Waals surface area contributed by atoms with Crippen LogP contribution in [-0.4, -0.2) is 11.6 Å². The van der Waals surface area contributed by atoms with Crippen molar-refractivity contribution in [3.05, 3.63) is 35.9 Å². The Kier molecular flexibility index (Phi) is 14.3. The van der Waals surface area contributed by atoms with Crippen molar-refractivity contribution in [2.45, 2.75) is 53.9 Å². The van der Waals surface area contributed by atoms with E-state index in [1.54, 1.807) is 13.8 Å². The van der Waals surface area contributed by atoms with Crippen LogP contribution in [0.3, 0.4) is 0 Å². The summed E-state index contributed by atoms with van der Waals surface area (Å²) in [4.78, 5) is 20.4. The van der Waals surface area contributed by atoms with Gasteiger partial charge < -0.3 is 9.59 Å². The molecule has 0 aromatic heterocycles. The summed E-state index contributed by atoms with van der Waals surface area (Å²) in [6.07, 6.45) is 2.19. The van der Waals surface area contributed by atoms with Crippen molar-refractivity contribution in [3.8, 4) is 0 Å². The Labute approximate surface area is 111 Å². The van der Waals surface area contributed by atoms with Crippen LogP contribution in [0.1, 0.15) is 53.0 Å². The highest BCUT2D eigenvalue weighted by Crippen LogP contribution is 2.01. The smallest absolute Gasteiger partial charge is 0.130 e. The summed E-state index contributed by atoms with van der Waals surface area (Å²) < 4.78 is 0. The van der Waals surface area contributed by atoms with Crippen LogP contribution in [-0.2, 0) is 16.0 Å². The summed E-state index contributed by atoms with van der Waals surface area (Å²) in [6.45, 7) is 9.06. The number of hydrogen-bond acceptors (Lipinski definition) is 2. The molecule has 0 N–H and O–H groups in total. The number of benzene rings is 1. The maximum absolute atomic E-state index is 10.6. The van der Waals surface area contributed by atoms with E-state index in [0.717, 1.165) is 6.42 Å². The minimum atomic E-state index is 0.255. The molecular weight excluding hydrogens is 224 g/mol. The summed E-state index contributed by atoms with van der Waals surface area (Å²) >= 11 is 0. The molecule has 1 rings (SSSR count). The van der Waals surface area contributed by atoms with Crippen LogP contribution >= 0.6 is 0 Å². The molecule has 102 valence electrons. The van der Waals surface area contributed by atoms with E-state index in [1.165, 1.54) is 5.56 Å². The lowest BCUT2D eigenvalue weighted by molar-refractivity contribution is -0.117. The Morgan fingerprint density at radius 1 is 0.944 bits per heavy atom. The minimum Gasteiger partial charge on any atom is -0.300 e. The molecule has 0 aliphatic carbocycles. The van der Waals surface area contributed by atoms with E-state index in [1.807, 2.05) is 51.1 Å². The van der Waals surface area contributed by atoms with Gasteiger partial charge in [0.2, 0.25) is 0 Å². The maximum atomic E-state index is 10.6. The van der Waals surface area contributed by atoms with Gasteiger partial charge in [0, 0.05) is 12.8 Å². The van der Waals surface area contributed by atoms with Crippen LogP contribution in [0.25, 0.3) is 0 Å². The lowest BCUT2D eigenvalue weighted by Crippen LogP contribution is -1.92. The predicted octanol–water partition coefficient (Wildman–Crippen LogP) is 4.22. The molecule has 0 saturated heterocycles. The maximum Gasteiger partial charge on any atom is 0.130 e. The fourth-order valence-corrected chi connectivity index (χ4v) is 0.965. The van der Waals surface area contributed by atoms with Crippen LogP contribution in [0.4, 0.5) is 0 Å². The van der Waals surface area contributed by atoms with Crippen molar-refractivity contribution in [2.24, 2.45) is 0 Å². The highest BCUT2D eigenvalue weighted by molar-refractivity contribution is 5.75. The van der Waals surface area contributed by atoms with Crippen molar-refractivity contribution in [1.82, 2.24) is 0 Å². The average Bonchev–Trinajstić information content (AvgIpc) is 2.40. The fourth-order valence-electron chi connectivity index (χ4n) is 0.965. The molecule has 18 heavy (non-hydrogen) atoms.